The lowest BCUT2D eigenvalue weighted by Crippen LogP contribution is -2.40. The second-order valence-corrected chi connectivity index (χ2v) is 6.28. The second kappa shape index (κ2) is 7.55. The SMILES string of the molecule is CN1CCCCC1CNc1ccccc1SCC(N)=O. The highest BCUT2D eigenvalue weighted by Crippen LogP contribution is 2.27. The molecule has 0 bridgehead atoms. The fourth-order valence-corrected chi connectivity index (χ4v) is 3.29. The van der Waals surface area contributed by atoms with Gasteiger partial charge in [-0.3, -0.25) is 4.79 Å². The van der Waals surface area contributed by atoms with Gasteiger partial charge in [-0.15, -0.1) is 11.8 Å². The van der Waals surface area contributed by atoms with Crippen molar-refractivity contribution in [3.63, 3.8) is 0 Å². The summed E-state index contributed by atoms with van der Waals surface area (Å²) in [6.45, 7) is 2.13. The lowest BCUT2D eigenvalue weighted by Gasteiger charge is -2.33. The summed E-state index contributed by atoms with van der Waals surface area (Å²) in [5.74, 6) is 0.0407. The molecule has 1 unspecified atom stereocenters. The fraction of sp³-hybridized carbons (Fsp3) is 0.533. The van der Waals surface area contributed by atoms with Gasteiger partial charge >= 0.3 is 0 Å². The van der Waals surface area contributed by atoms with Gasteiger partial charge in [-0.2, -0.15) is 0 Å². The van der Waals surface area contributed by atoms with Gasteiger partial charge in [-0.05, 0) is 38.6 Å². The standard InChI is InChI=1S/C15H23N3OS/c1-18-9-5-4-6-12(18)10-17-13-7-2-3-8-14(13)20-11-15(16)19/h2-3,7-8,12,17H,4-6,9-11H2,1H3,(H2,16,19). The van der Waals surface area contributed by atoms with Crippen LogP contribution in [0.4, 0.5) is 5.69 Å². The molecule has 1 aromatic carbocycles. The number of rotatable bonds is 6. The molecule has 1 amide bonds. The quantitative estimate of drug-likeness (QED) is 0.789. The van der Waals surface area contributed by atoms with Crippen molar-refractivity contribution < 1.29 is 4.79 Å². The summed E-state index contributed by atoms with van der Waals surface area (Å²) < 4.78 is 0. The zero-order valence-corrected chi connectivity index (χ0v) is 12.8. The van der Waals surface area contributed by atoms with Crippen LogP contribution in [0.5, 0.6) is 0 Å². The molecule has 0 saturated carbocycles. The molecule has 1 saturated heterocycles. The Morgan fingerprint density at radius 1 is 1.45 bits per heavy atom. The number of benzene rings is 1. The Hall–Kier alpha value is -1.20. The molecule has 1 atom stereocenters. The number of hydrogen-bond acceptors (Lipinski definition) is 4. The first-order valence-electron chi connectivity index (χ1n) is 7.11. The number of nitrogens with zero attached hydrogens (tertiary/aromatic N) is 1. The Morgan fingerprint density at radius 2 is 2.25 bits per heavy atom. The summed E-state index contributed by atoms with van der Waals surface area (Å²) >= 11 is 1.49. The van der Waals surface area contributed by atoms with Gasteiger partial charge in [0.25, 0.3) is 0 Å². The summed E-state index contributed by atoms with van der Waals surface area (Å²) in [6, 6.07) is 8.69. The first kappa shape index (κ1) is 15.2. The van der Waals surface area contributed by atoms with Gasteiger partial charge in [-0.25, -0.2) is 0 Å². The monoisotopic (exact) mass is 293 g/mol. The topological polar surface area (TPSA) is 58.4 Å². The Labute approximate surface area is 125 Å². The number of thioether (sulfide) groups is 1. The molecule has 1 fully saturated rings. The lowest BCUT2D eigenvalue weighted by atomic mass is 10.0. The third-order valence-electron chi connectivity index (χ3n) is 3.71. The summed E-state index contributed by atoms with van der Waals surface area (Å²) in [6.07, 6.45) is 3.87. The summed E-state index contributed by atoms with van der Waals surface area (Å²) in [5, 5.41) is 3.52. The van der Waals surface area contributed by atoms with Crippen LogP contribution in [0.15, 0.2) is 29.2 Å². The number of amides is 1. The number of para-hydroxylation sites is 1. The predicted octanol–water partition coefficient (Wildman–Crippen LogP) is 2.16. The zero-order valence-electron chi connectivity index (χ0n) is 12.0. The third kappa shape index (κ3) is 4.42. The van der Waals surface area contributed by atoms with Gasteiger partial charge < -0.3 is 16.0 Å². The maximum Gasteiger partial charge on any atom is 0.227 e. The van der Waals surface area contributed by atoms with Crippen molar-refractivity contribution in [2.75, 3.05) is 31.2 Å². The molecule has 20 heavy (non-hydrogen) atoms. The van der Waals surface area contributed by atoms with Gasteiger partial charge in [-0.1, -0.05) is 18.6 Å². The molecule has 0 spiro atoms. The molecule has 1 heterocycles. The van der Waals surface area contributed by atoms with Crippen molar-refractivity contribution in [2.24, 2.45) is 5.73 Å². The molecule has 110 valence electrons. The van der Waals surface area contributed by atoms with Crippen LogP contribution in [0.2, 0.25) is 0 Å². The second-order valence-electron chi connectivity index (χ2n) is 5.26. The number of carbonyl (C=O) groups excluding carboxylic acids is 1. The van der Waals surface area contributed by atoms with E-state index in [1.807, 2.05) is 18.2 Å². The summed E-state index contributed by atoms with van der Waals surface area (Å²) in [4.78, 5) is 14.4. The Balaban J connectivity index is 1.92. The number of anilines is 1. The molecule has 1 aromatic rings. The average Bonchev–Trinajstić information content (AvgIpc) is 2.45. The van der Waals surface area contributed by atoms with Crippen molar-refractivity contribution in [1.82, 2.24) is 4.90 Å². The van der Waals surface area contributed by atoms with Gasteiger partial charge in [0.05, 0.1) is 5.75 Å². The molecule has 1 aliphatic rings. The number of nitrogens with one attached hydrogen (secondary N) is 1. The van der Waals surface area contributed by atoms with Crippen LogP contribution in [-0.2, 0) is 4.79 Å². The summed E-state index contributed by atoms with van der Waals surface area (Å²) in [5.41, 5.74) is 6.31. The predicted molar refractivity (Wildman–Crippen MR) is 85.1 cm³/mol. The molecular formula is C15H23N3OS. The molecule has 4 nitrogen and oxygen atoms in total. The average molecular weight is 293 g/mol. The van der Waals surface area contributed by atoms with Crippen molar-refractivity contribution in [2.45, 2.75) is 30.2 Å². The molecule has 2 rings (SSSR count). The Kier molecular flexibility index (Phi) is 5.73. The van der Waals surface area contributed by atoms with E-state index in [-0.39, 0.29) is 5.91 Å². The van der Waals surface area contributed by atoms with Gasteiger partial charge in [0.15, 0.2) is 0 Å². The summed E-state index contributed by atoms with van der Waals surface area (Å²) in [7, 11) is 2.19. The molecule has 5 heteroatoms. The normalized spacial score (nSPS) is 19.8. The van der Waals surface area contributed by atoms with E-state index < -0.39 is 0 Å². The number of hydrogen-bond donors (Lipinski definition) is 2. The molecule has 1 aliphatic heterocycles. The van der Waals surface area contributed by atoms with Gasteiger partial charge in [0, 0.05) is 23.2 Å². The van der Waals surface area contributed by atoms with Crippen LogP contribution < -0.4 is 11.1 Å². The minimum atomic E-state index is -0.281. The van der Waals surface area contributed by atoms with Crippen molar-refractivity contribution in [3.05, 3.63) is 24.3 Å². The molecule has 0 radical (unpaired) electrons. The van der Waals surface area contributed by atoms with Crippen molar-refractivity contribution in [1.29, 1.82) is 0 Å². The lowest BCUT2D eigenvalue weighted by molar-refractivity contribution is -0.115. The smallest absolute Gasteiger partial charge is 0.227 e. The first-order chi connectivity index (χ1) is 9.66. The molecule has 3 N–H and O–H groups in total. The van der Waals surface area contributed by atoms with E-state index in [2.05, 4.69) is 23.3 Å². The van der Waals surface area contributed by atoms with Gasteiger partial charge in [0.1, 0.15) is 0 Å². The van der Waals surface area contributed by atoms with Crippen LogP contribution in [0, 0.1) is 0 Å². The van der Waals surface area contributed by atoms with E-state index in [0.717, 1.165) is 17.1 Å². The van der Waals surface area contributed by atoms with E-state index in [1.54, 1.807) is 0 Å². The number of likely N-dealkylation sites (tertiary alicyclic amines) is 1. The highest BCUT2D eigenvalue weighted by atomic mass is 32.2. The van der Waals surface area contributed by atoms with Crippen LogP contribution in [-0.4, -0.2) is 42.7 Å². The molecule has 0 aliphatic carbocycles. The van der Waals surface area contributed by atoms with Crippen LogP contribution >= 0.6 is 11.8 Å². The maximum absolute atomic E-state index is 10.9. The number of carbonyl (C=O) groups is 1. The maximum atomic E-state index is 10.9. The van der Waals surface area contributed by atoms with E-state index in [0.29, 0.717) is 11.8 Å². The Morgan fingerprint density at radius 3 is 3.00 bits per heavy atom. The number of piperidine rings is 1. The van der Waals surface area contributed by atoms with Crippen molar-refractivity contribution >= 4 is 23.4 Å². The molecular weight excluding hydrogens is 270 g/mol. The van der Waals surface area contributed by atoms with Crippen LogP contribution in [0.25, 0.3) is 0 Å². The van der Waals surface area contributed by atoms with Crippen LogP contribution in [0.3, 0.4) is 0 Å². The number of nitrogens with two attached hydrogens (primary N) is 1. The minimum absolute atomic E-state index is 0.281. The largest absolute Gasteiger partial charge is 0.383 e. The number of likely N-dealkylation sites (N-methyl/N-ethyl adjacent to an activating group) is 1. The van der Waals surface area contributed by atoms with Crippen LogP contribution in [0.1, 0.15) is 19.3 Å². The minimum Gasteiger partial charge on any atom is -0.383 e. The first-order valence-corrected chi connectivity index (χ1v) is 8.09. The molecule has 0 aromatic heterocycles. The highest BCUT2D eigenvalue weighted by Gasteiger charge is 2.18. The third-order valence-corrected chi connectivity index (χ3v) is 4.80. The van der Waals surface area contributed by atoms with E-state index >= 15 is 0 Å². The zero-order chi connectivity index (χ0) is 14.4. The van der Waals surface area contributed by atoms with E-state index in [4.69, 9.17) is 5.73 Å². The Bertz CT molecular complexity index is 452. The van der Waals surface area contributed by atoms with E-state index in [1.165, 1.54) is 37.6 Å². The van der Waals surface area contributed by atoms with Crippen molar-refractivity contribution in [3.8, 4) is 0 Å². The van der Waals surface area contributed by atoms with E-state index in [9.17, 15) is 4.79 Å². The fourth-order valence-electron chi connectivity index (χ4n) is 2.52. The van der Waals surface area contributed by atoms with Gasteiger partial charge in [0.2, 0.25) is 5.91 Å². The highest BCUT2D eigenvalue weighted by molar-refractivity contribution is 8.00. The number of primary amides is 1.